The van der Waals surface area contributed by atoms with Gasteiger partial charge in [-0.3, -0.25) is 0 Å². The van der Waals surface area contributed by atoms with Crippen molar-refractivity contribution in [2.75, 3.05) is 0 Å². The molecule has 3 heterocycles. The first kappa shape index (κ1) is 23.1. The van der Waals surface area contributed by atoms with E-state index in [9.17, 15) is 19.2 Å². The molecule has 0 saturated heterocycles. The number of aromatic amines is 1. The Morgan fingerprint density at radius 1 is 0.676 bits per heavy atom. The molecule has 3 aromatic carbocycles. The molecule has 1 aliphatic heterocycles. The van der Waals surface area contributed by atoms with Crippen LogP contribution in [0.25, 0.3) is 17.1 Å². The molecule has 0 amide bonds. The summed E-state index contributed by atoms with van der Waals surface area (Å²) < 4.78 is 5.47. The number of H-pyrrole nitrogens is 1. The molecule has 0 fully saturated rings. The van der Waals surface area contributed by atoms with Gasteiger partial charge in [-0.2, -0.15) is 4.68 Å². The Labute approximate surface area is 217 Å². The van der Waals surface area contributed by atoms with Crippen LogP contribution in [0.5, 0.6) is 0 Å². The number of nitrogens with one attached hydrogen (secondary N) is 1. The summed E-state index contributed by atoms with van der Waals surface area (Å²) in [6, 6.07) is 21.5. The molecule has 12 heteroatoms. The van der Waals surface area contributed by atoms with Crippen molar-refractivity contribution in [1.29, 1.82) is 0 Å². The molecule has 0 bridgehead atoms. The van der Waals surface area contributed by atoms with E-state index in [4.69, 9.17) is 23.2 Å². The fourth-order valence-corrected chi connectivity index (χ4v) is 5.40. The van der Waals surface area contributed by atoms with Gasteiger partial charge in [-0.25, -0.2) is 42.8 Å². The largest absolute Gasteiger partial charge is 0.356 e. The number of nitrogens with zero attached hydrogens (tertiary/aromatic N) is 5. The van der Waals surface area contributed by atoms with Gasteiger partial charge in [0.05, 0.1) is 17.1 Å². The minimum absolute atomic E-state index is 0.356. The number of para-hydroxylation sites is 3. The second kappa shape index (κ2) is 8.68. The van der Waals surface area contributed by atoms with Crippen LogP contribution in [-0.4, -0.2) is 33.1 Å². The standard InChI is InChI=1S/C25H18Cl2N6O4/c26-21(27)20-19(31-23(35)29(22(34)28-31)15-9-3-1-4-10-15)17-13-7-8-14-18(17)32-24(36)30(25(37)33(20)32)16-11-5-2-6-12-16/h1-14,19-21H,(H,28,34)/t19-,20-/m0/s1. The second-order valence-corrected chi connectivity index (χ2v) is 9.63. The summed E-state index contributed by atoms with van der Waals surface area (Å²) in [5.41, 5.74) is -1.10. The number of alkyl halides is 2. The summed E-state index contributed by atoms with van der Waals surface area (Å²) in [4.78, 5) is 52.6. The van der Waals surface area contributed by atoms with Crippen molar-refractivity contribution in [1.82, 2.24) is 28.3 Å². The van der Waals surface area contributed by atoms with Crippen LogP contribution in [0, 0.1) is 0 Å². The van der Waals surface area contributed by atoms with E-state index in [-0.39, 0.29) is 0 Å². The van der Waals surface area contributed by atoms with E-state index in [0.717, 1.165) is 18.5 Å². The van der Waals surface area contributed by atoms with Crippen LogP contribution in [0.2, 0.25) is 0 Å². The monoisotopic (exact) mass is 536 g/mol. The number of hydrogen-bond acceptors (Lipinski definition) is 4. The molecule has 0 aliphatic carbocycles. The van der Waals surface area contributed by atoms with Crippen LogP contribution < -0.4 is 22.8 Å². The van der Waals surface area contributed by atoms with Crippen molar-refractivity contribution in [3.63, 3.8) is 0 Å². The molecule has 5 aromatic rings. The number of aromatic nitrogens is 6. The fraction of sp³-hybridized carbons (Fsp3) is 0.120. The van der Waals surface area contributed by atoms with E-state index in [2.05, 4.69) is 5.10 Å². The molecule has 2 atom stereocenters. The van der Waals surface area contributed by atoms with Crippen molar-refractivity contribution in [2.45, 2.75) is 16.9 Å². The first-order chi connectivity index (χ1) is 17.9. The maximum Gasteiger partial charge on any atom is 0.356 e. The van der Waals surface area contributed by atoms with Gasteiger partial charge in [0.1, 0.15) is 16.9 Å². The summed E-state index contributed by atoms with van der Waals surface area (Å²) in [6.07, 6.45) is 0. The van der Waals surface area contributed by atoms with Crippen molar-refractivity contribution < 1.29 is 0 Å². The highest BCUT2D eigenvalue weighted by molar-refractivity contribution is 6.44. The Hall–Kier alpha value is -4.28. The predicted molar refractivity (Wildman–Crippen MR) is 139 cm³/mol. The minimum Gasteiger partial charge on any atom is -0.246 e. The Bertz CT molecular complexity index is 1860. The normalized spacial score (nSPS) is 16.5. The summed E-state index contributed by atoms with van der Waals surface area (Å²) >= 11 is 12.9. The number of benzene rings is 3. The van der Waals surface area contributed by atoms with Crippen LogP contribution in [-0.2, 0) is 0 Å². The average molecular weight is 537 g/mol. The van der Waals surface area contributed by atoms with Gasteiger partial charge < -0.3 is 0 Å². The zero-order valence-electron chi connectivity index (χ0n) is 18.9. The van der Waals surface area contributed by atoms with Crippen LogP contribution in [0.4, 0.5) is 0 Å². The molecule has 37 heavy (non-hydrogen) atoms. The maximum absolute atomic E-state index is 13.7. The Morgan fingerprint density at radius 3 is 1.86 bits per heavy atom. The molecule has 186 valence electrons. The molecular formula is C25H18Cl2N6O4. The lowest BCUT2D eigenvalue weighted by Gasteiger charge is -2.35. The van der Waals surface area contributed by atoms with Gasteiger partial charge in [0.2, 0.25) is 0 Å². The van der Waals surface area contributed by atoms with Gasteiger partial charge in [-0.1, -0.05) is 54.6 Å². The molecule has 0 unspecified atom stereocenters. The van der Waals surface area contributed by atoms with Gasteiger partial charge >= 0.3 is 22.8 Å². The van der Waals surface area contributed by atoms with E-state index in [0.29, 0.717) is 22.6 Å². The second-order valence-electron chi connectivity index (χ2n) is 8.46. The van der Waals surface area contributed by atoms with Crippen LogP contribution in [0.15, 0.2) is 104 Å². The average Bonchev–Trinajstić information content (AvgIpc) is 3.35. The van der Waals surface area contributed by atoms with Gasteiger partial charge in [-0.15, -0.1) is 23.2 Å². The Balaban J connectivity index is 1.67. The number of hydrogen-bond donors (Lipinski definition) is 1. The van der Waals surface area contributed by atoms with E-state index in [1.165, 1.54) is 4.68 Å². The van der Waals surface area contributed by atoms with E-state index in [1.807, 2.05) is 0 Å². The highest BCUT2D eigenvalue weighted by atomic mass is 35.5. The molecule has 6 rings (SSSR count). The van der Waals surface area contributed by atoms with E-state index in [1.54, 1.807) is 84.9 Å². The first-order valence-electron chi connectivity index (χ1n) is 11.3. The number of fused-ring (bicyclic) bond motifs is 3. The predicted octanol–water partition coefficient (Wildman–Crippen LogP) is 2.38. The third-order valence-corrected chi connectivity index (χ3v) is 6.96. The lowest BCUT2D eigenvalue weighted by atomic mass is 9.96. The molecular weight excluding hydrogens is 519 g/mol. The van der Waals surface area contributed by atoms with Crippen LogP contribution >= 0.6 is 23.2 Å². The topological polar surface area (TPSA) is 109 Å². The van der Waals surface area contributed by atoms with Crippen LogP contribution in [0.1, 0.15) is 17.6 Å². The van der Waals surface area contributed by atoms with Gasteiger partial charge in [0, 0.05) is 5.56 Å². The zero-order chi connectivity index (χ0) is 25.8. The summed E-state index contributed by atoms with van der Waals surface area (Å²) in [5.74, 6) is 0. The quantitative estimate of drug-likeness (QED) is 0.355. The third kappa shape index (κ3) is 3.40. The molecule has 1 aliphatic rings. The molecule has 0 radical (unpaired) electrons. The molecule has 0 saturated carbocycles. The minimum atomic E-state index is -1.25. The number of halogens is 2. The lowest BCUT2D eigenvalue weighted by molar-refractivity contribution is 0.286. The summed E-state index contributed by atoms with van der Waals surface area (Å²) in [5, 5.41) is 2.59. The highest BCUT2D eigenvalue weighted by Crippen LogP contribution is 2.40. The lowest BCUT2D eigenvalue weighted by Crippen LogP contribution is -2.45. The molecule has 1 N–H and O–H groups in total. The van der Waals surface area contributed by atoms with Crippen LogP contribution in [0.3, 0.4) is 0 Å². The van der Waals surface area contributed by atoms with E-state index >= 15 is 0 Å². The third-order valence-electron chi connectivity index (χ3n) is 6.45. The SMILES string of the molecule is O=c1[nH]n([C@H]2c3ccccc3-n3c(=O)n(-c4ccccc4)c(=O)n3[C@@H]2C(Cl)Cl)c(=O)n1-c1ccccc1. The number of rotatable bonds is 4. The smallest absolute Gasteiger partial charge is 0.246 e. The zero-order valence-corrected chi connectivity index (χ0v) is 20.5. The summed E-state index contributed by atoms with van der Waals surface area (Å²) in [6.45, 7) is 0. The maximum atomic E-state index is 13.7. The van der Waals surface area contributed by atoms with Gasteiger partial charge in [0.25, 0.3) is 0 Å². The first-order valence-corrected chi connectivity index (χ1v) is 12.2. The van der Waals surface area contributed by atoms with Crippen molar-refractivity contribution >= 4 is 23.2 Å². The van der Waals surface area contributed by atoms with Crippen molar-refractivity contribution in [2.24, 2.45) is 0 Å². The fourth-order valence-electron chi connectivity index (χ4n) is 4.91. The van der Waals surface area contributed by atoms with E-state index < -0.39 is 39.7 Å². The molecule has 2 aromatic heterocycles. The molecule has 10 nitrogen and oxygen atoms in total. The van der Waals surface area contributed by atoms with Crippen molar-refractivity contribution in [3.8, 4) is 17.1 Å². The van der Waals surface area contributed by atoms with Gasteiger partial charge in [0.15, 0.2) is 0 Å². The highest BCUT2D eigenvalue weighted by Gasteiger charge is 2.43. The van der Waals surface area contributed by atoms with Gasteiger partial charge in [-0.05, 0) is 30.3 Å². The summed E-state index contributed by atoms with van der Waals surface area (Å²) in [7, 11) is 0. The molecule has 0 spiro atoms. The Kier molecular flexibility index (Phi) is 5.43. The van der Waals surface area contributed by atoms with Crippen molar-refractivity contribution in [3.05, 3.63) is 132 Å². The Morgan fingerprint density at radius 2 is 1.24 bits per heavy atom.